The van der Waals surface area contributed by atoms with E-state index in [1.54, 1.807) is 43.6 Å². The maximum absolute atomic E-state index is 13.3. The lowest BCUT2D eigenvalue weighted by Crippen LogP contribution is -2.29. The molecule has 1 fully saturated rings. The quantitative estimate of drug-likeness (QED) is 0.263. The van der Waals surface area contributed by atoms with Crippen molar-refractivity contribution >= 4 is 34.0 Å². The minimum absolute atomic E-state index is 0.0539. The highest BCUT2D eigenvalue weighted by Gasteiger charge is 2.47. The van der Waals surface area contributed by atoms with Crippen LogP contribution < -0.4 is 9.64 Å². The Balaban J connectivity index is 1.77. The van der Waals surface area contributed by atoms with Crippen LogP contribution in [0, 0.1) is 6.92 Å². The summed E-state index contributed by atoms with van der Waals surface area (Å²) in [5.74, 6) is -0.944. The Kier molecular flexibility index (Phi) is 4.98. The summed E-state index contributed by atoms with van der Waals surface area (Å²) in [5, 5.41) is 12.2. The van der Waals surface area contributed by atoms with E-state index in [1.165, 1.54) is 4.90 Å². The number of aliphatic hydroxyl groups excluding tert-OH is 1. The fraction of sp³-hybridized carbons (Fsp3) is 0.111. The third-order valence-electron chi connectivity index (χ3n) is 6.06. The number of ether oxygens (including phenoxy) is 1. The second kappa shape index (κ2) is 7.98. The lowest BCUT2D eigenvalue weighted by Gasteiger charge is -2.25. The van der Waals surface area contributed by atoms with Gasteiger partial charge in [-0.2, -0.15) is 0 Å². The topological polar surface area (TPSA) is 82.6 Å². The molecule has 1 saturated heterocycles. The van der Waals surface area contributed by atoms with Gasteiger partial charge in [-0.25, -0.2) is 0 Å². The van der Waals surface area contributed by atoms with Crippen LogP contribution in [0.4, 0.5) is 5.69 Å². The molecule has 33 heavy (non-hydrogen) atoms. The molecule has 1 atom stereocenters. The van der Waals surface area contributed by atoms with Gasteiger partial charge in [0.25, 0.3) is 11.7 Å². The normalized spacial score (nSPS) is 17.6. The van der Waals surface area contributed by atoms with Crippen molar-refractivity contribution in [3.8, 4) is 5.75 Å². The number of H-pyrrole nitrogens is 1. The van der Waals surface area contributed by atoms with Gasteiger partial charge in [-0.15, -0.1) is 0 Å². The number of benzene rings is 3. The fourth-order valence-electron chi connectivity index (χ4n) is 4.48. The van der Waals surface area contributed by atoms with E-state index >= 15 is 0 Å². The van der Waals surface area contributed by atoms with E-state index in [4.69, 9.17) is 4.74 Å². The zero-order chi connectivity index (χ0) is 23.1. The summed E-state index contributed by atoms with van der Waals surface area (Å²) in [6.07, 6.45) is 1.80. The molecule has 1 amide bonds. The van der Waals surface area contributed by atoms with Crippen LogP contribution in [0.25, 0.3) is 16.7 Å². The molecule has 2 N–H and O–H groups in total. The first-order chi connectivity index (χ1) is 16.0. The Bertz CT molecular complexity index is 1420. The third kappa shape index (κ3) is 3.27. The Morgan fingerprint density at radius 1 is 1.00 bits per heavy atom. The monoisotopic (exact) mass is 438 g/mol. The van der Waals surface area contributed by atoms with Gasteiger partial charge in [-0.1, -0.05) is 36.4 Å². The number of aliphatic hydroxyl groups is 1. The highest BCUT2D eigenvalue weighted by atomic mass is 16.5. The summed E-state index contributed by atoms with van der Waals surface area (Å²) >= 11 is 0. The van der Waals surface area contributed by atoms with Crippen molar-refractivity contribution in [1.29, 1.82) is 0 Å². The number of aromatic nitrogens is 1. The van der Waals surface area contributed by atoms with E-state index in [-0.39, 0.29) is 11.3 Å². The van der Waals surface area contributed by atoms with Gasteiger partial charge >= 0.3 is 0 Å². The number of anilines is 1. The number of methoxy groups -OCH3 is 1. The smallest absolute Gasteiger partial charge is 0.300 e. The third-order valence-corrected chi connectivity index (χ3v) is 6.06. The lowest BCUT2D eigenvalue weighted by molar-refractivity contribution is -0.132. The zero-order valence-electron chi connectivity index (χ0n) is 18.2. The van der Waals surface area contributed by atoms with Gasteiger partial charge in [0.15, 0.2) is 0 Å². The van der Waals surface area contributed by atoms with Gasteiger partial charge in [0, 0.05) is 33.9 Å². The van der Waals surface area contributed by atoms with E-state index in [0.717, 1.165) is 22.0 Å². The number of hydrogen-bond donors (Lipinski definition) is 2. The SMILES string of the molecule is COc1ccc(/C(O)=C2\C(=O)C(=O)N(c3ccccc3)C2c2c[nH]c3ccccc23)cc1C. The van der Waals surface area contributed by atoms with E-state index in [2.05, 4.69) is 4.98 Å². The number of Topliss-reactive ketones (excluding diaryl/α,β-unsaturated/α-hetero) is 1. The molecule has 1 unspecified atom stereocenters. The Morgan fingerprint density at radius 2 is 1.73 bits per heavy atom. The summed E-state index contributed by atoms with van der Waals surface area (Å²) in [4.78, 5) is 31.2. The van der Waals surface area contributed by atoms with E-state index < -0.39 is 17.7 Å². The average Bonchev–Trinajstić information content (AvgIpc) is 3.37. The number of ketones is 1. The van der Waals surface area contributed by atoms with Crippen LogP contribution in [0.3, 0.4) is 0 Å². The van der Waals surface area contributed by atoms with Gasteiger partial charge in [-0.05, 0) is 48.9 Å². The molecule has 6 nitrogen and oxygen atoms in total. The van der Waals surface area contributed by atoms with E-state index in [1.807, 2.05) is 49.4 Å². The number of carbonyl (C=O) groups is 2. The van der Waals surface area contributed by atoms with Gasteiger partial charge in [0.05, 0.1) is 18.7 Å². The van der Waals surface area contributed by atoms with Crippen molar-refractivity contribution in [3.63, 3.8) is 0 Å². The number of rotatable bonds is 4. The predicted molar refractivity (Wildman–Crippen MR) is 127 cm³/mol. The summed E-state index contributed by atoms with van der Waals surface area (Å²) < 4.78 is 5.32. The molecule has 6 heteroatoms. The Labute approximate surface area is 190 Å². The summed E-state index contributed by atoms with van der Waals surface area (Å²) in [5.41, 5.74) is 3.51. The standard InChI is InChI=1S/C27H22N2O4/c1-16-14-17(12-13-22(16)33-2)25(30)23-24(20-15-28-21-11-7-6-10-19(20)21)29(27(32)26(23)31)18-8-4-3-5-9-18/h3-15,24,28,30H,1-2H3/b25-23+. The zero-order valence-corrected chi connectivity index (χ0v) is 18.2. The van der Waals surface area contributed by atoms with Crippen LogP contribution in [0.1, 0.15) is 22.7 Å². The number of fused-ring (bicyclic) bond motifs is 1. The summed E-state index contributed by atoms with van der Waals surface area (Å²) in [6.45, 7) is 1.86. The van der Waals surface area contributed by atoms with Crippen molar-refractivity contribution < 1.29 is 19.4 Å². The average molecular weight is 438 g/mol. The number of nitrogens with zero attached hydrogens (tertiary/aromatic N) is 1. The molecule has 164 valence electrons. The number of para-hydroxylation sites is 2. The largest absolute Gasteiger partial charge is 0.507 e. The maximum atomic E-state index is 13.3. The molecule has 4 aromatic rings. The van der Waals surface area contributed by atoms with E-state index in [9.17, 15) is 14.7 Å². The second-order valence-corrected chi connectivity index (χ2v) is 7.98. The fourth-order valence-corrected chi connectivity index (χ4v) is 4.48. The molecule has 0 radical (unpaired) electrons. The predicted octanol–water partition coefficient (Wildman–Crippen LogP) is 5.11. The molecular formula is C27H22N2O4. The van der Waals surface area contributed by atoms with Gasteiger partial charge in [0.2, 0.25) is 0 Å². The van der Waals surface area contributed by atoms with Crippen LogP contribution in [-0.4, -0.2) is 28.9 Å². The van der Waals surface area contributed by atoms with Crippen LogP contribution >= 0.6 is 0 Å². The number of nitrogens with one attached hydrogen (secondary N) is 1. The molecule has 1 aliphatic heterocycles. The molecular weight excluding hydrogens is 416 g/mol. The summed E-state index contributed by atoms with van der Waals surface area (Å²) in [7, 11) is 1.57. The van der Waals surface area contributed by atoms with Crippen molar-refractivity contribution in [1.82, 2.24) is 4.98 Å². The van der Waals surface area contributed by atoms with Crippen LogP contribution in [-0.2, 0) is 9.59 Å². The minimum atomic E-state index is -0.786. The highest BCUT2D eigenvalue weighted by Crippen LogP contribution is 2.44. The van der Waals surface area contributed by atoms with E-state index in [0.29, 0.717) is 17.0 Å². The van der Waals surface area contributed by atoms with Crippen molar-refractivity contribution in [2.45, 2.75) is 13.0 Å². The van der Waals surface area contributed by atoms with Crippen LogP contribution in [0.2, 0.25) is 0 Å². The molecule has 0 spiro atoms. The van der Waals surface area contributed by atoms with Gasteiger partial charge in [-0.3, -0.25) is 14.5 Å². The Hall–Kier alpha value is -4.32. The molecule has 2 heterocycles. The molecule has 3 aromatic carbocycles. The second-order valence-electron chi connectivity index (χ2n) is 7.98. The van der Waals surface area contributed by atoms with Crippen LogP contribution in [0.5, 0.6) is 5.75 Å². The molecule has 1 aromatic heterocycles. The lowest BCUT2D eigenvalue weighted by atomic mass is 9.94. The van der Waals surface area contributed by atoms with Gasteiger partial charge < -0.3 is 14.8 Å². The number of carbonyl (C=O) groups excluding carboxylic acids is 2. The molecule has 1 aliphatic rings. The number of aryl methyl sites for hydroxylation is 1. The maximum Gasteiger partial charge on any atom is 0.300 e. The number of amides is 1. The Morgan fingerprint density at radius 3 is 2.45 bits per heavy atom. The molecule has 0 aliphatic carbocycles. The minimum Gasteiger partial charge on any atom is -0.507 e. The molecule has 0 bridgehead atoms. The summed E-state index contributed by atoms with van der Waals surface area (Å²) in [6, 6.07) is 21.1. The van der Waals surface area contributed by atoms with Crippen LogP contribution in [0.15, 0.2) is 84.6 Å². The first-order valence-corrected chi connectivity index (χ1v) is 10.6. The highest BCUT2D eigenvalue weighted by molar-refractivity contribution is 6.51. The van der Waals surface area contributed by atoms with Crippen molar-refractivity contribution in [2.24, 2.45) is 0 Å². The first kappa shape index (κ1) is 20.6. The number of aromatic amines is 1. The molecule has 0 saturated carbocycles. The first-order valence-electron chi connectivity index (χ1n) is 10.6. The van der Waals surface area contributed by atoms with Gasteiger partial charge in [0.1, 0.15) is 11.5 Å². The molecule has 5 rings (SSSR count). The van der Waals surface area contributed by atoms with Crippen molar-refractivity contribution in [3.05, 3.63) is 101 Å². The number of hydrogen-bond acceptors (Lipinski definition) is 4. The van der Waals surface area contributed by atoms with Crippen molar-refractivity contribution in [2.75, 3.05) is 12.0 Å².